The Balaban J connectivity index is 0.00000261. The highest BCUT2D eigenvalue weighted by atomic mass is 35.5. The average Bonchev–Trinajstić information content (AvgIpc) is 3.04. The zero-order valence-corrected chi connectivity index (χ0v) is 16.9. The summed E-state index contributed by atoms with van der Waals surface area (Å²) in [6.07, 6.45) is 3.04. The number of nitrogens with zero attached hydrogens (tertiary/aromatic N) is 2. The molecule has 0 aromatic heterocycles. The summed E-state index contributed by atoms with van der Waals surface area (Å²) in [6.45, 7) is 3.14. The Morgan fingerprint density at radius 3 is 2.52 bits per heavy atom. The molecule has 1 atom stereocenters. The van der Waals surface area contributed by atoms with Crippen LogP contribution in [0.2, 0.25) is 5.02 Å². The Kier molecular flexibility index (Phi) is 8.35. The van der Waals surface area contributed by atoms with E-state index in [1.54, 1.807) is 17.0 Å². The molecule has 27 heavy (non-hydrogen) atoms. The first kappa shape index (κ1) is 22.0. The number of benzene rings is 1. The second-order valence-corrected chi connectivity index (χ2v) is 7.36. The molecule has 0 aliphatic carbocycles. The quantitative estimate of drug-likeness (QED) is 0.723. The minimum absolute atomic E-state index is 0. The number of likely N-dealkylation sites (tertiary alicyclic amines) is 1. The zero-order chi connectivity index (χ0) is 18.5. The van der Waals surface area contributed by atoms with Gasteiger partial charge in [0.05, 0.1) is 12.0 Å². The average molecular weight is 416 g/mol. The third-order valence-electron chi connectivity index (χ3n) is 5.07. The standard InChI is InChI=1S/C19H26ClN3O3.ClH/c20-15-2-4-16(5-3-15)23-13-14(12-18(23)24)19(25)22-9-6-17(7-10-22)26-11-1-8-21;/h2-5,14,17H,1,6-13,21H2;1H. The molecule has 0 radical (unpaired) electrons. The highest BCUT2D eigenvalue weighted by Gasteiger charge is 2.38. The molecule has 2 N–H and O–H groups in total. The number of ether oxygens (including phenoxy) is 1. The number of nitrogens with two attached hydrogens (primary N) is 1. The van der Waals surface area contributed by atoms with Gasteiger partial charge in [-0.05, 0) is 50.1 Å². The van der Waals surface area contributed by atoms with Crippen LogP contribution in [0.3, 0.4) is 0 Å². The summed E-state index contributed by atoms with van der Waals surface area (Å²) in [5.74, 6) is -0.200. The van der Waals surface area contributed by atoms with Crippen molar-refractivity contribution >= 4 is 41.5 Å². The summed E-state index contributed by atoms with van der Waals surface area (Å²) in [5, 5.41) is 0.629. The molecule has 3 rings (SSSR count). The fourth-order valence-corrected chi connectivity index (χ4v) is 3.70. The number of hydrogen-bond acceptors (Lipinski definition) is 4. The number of anilines is 1. The summed E-state index contributed by atoms with van der Waals surface area (Å²) in [7, 11) is 0. The number of halogens is 2. The molecule has 2 heterocycles. The van der Waals surface area contributed by atoms with E-state index in [1.165, 1.54) is 0 Å². The summed E-state index contributed by atoms with van der Waals surface area (Å²) in [6, 6.07) is 7.15. The normalized spacial score (nSPS) is 20.7. The van der Waals surface area contributed by atoms with E-state index in [9.17, 15) is 9.59 Å². The van der Waals surface area contributed by atoms with E-state index in [0.717, 1.165) is 24.9 Å². The lowest BCUT2D eigenvalue weighted by molar-refractivity contribution is -0.138. The third kappa shape index (κ3) is 5.57. The van der Waals surface area contributed by atoms with Crippen LogP contribution in [0.5, 0.6) is 0 Å². The topological polar surface area (TPSA) is 75.9 Å². The highest BCUT2D eigenvalue weighted by molar-refractivity contribution is 6.30. The number of amides is 2. The molecular weight excluding hydrogens is 389 g/mol. The lowest BCUT2D eigenvalue weighted by Crippen LogP contribution is -2.44. The lowest BCUT2D eigenvalue weighted by atomic mass is 10.0. The van der Waals surface area contributed by atoms with Gasteiger partial charge in [0.2, 0.25) is 11.8 Å². The van der Waals surface area contributed by atoms with E-state index in [0.29, 0.717) is 37.8 Å². The van der Waals surface area contributed by atoms with Gasteiger partial charge in [-0.15, -0.1) is 12.4 Å². The van der Waals surface area contributed by atoms with Crippen LogP contribution in [0.1, 0.15) is 25.7 Å². The number of carbonyl (C=O) groups is 2. The highest BCUT2D eigenvalue weighted by Crippen LogP contribution is 2.28. The molecule has 0 spiro atoms. The summed E-state index contributed by atoms with van der Waals surface area (Å²) < 4.78 is 5.79. The van der Waals surface area contributed by atoms with Crippen molar-refractivity contribution in [2.24, 2.45) is 11.7 Å². The number of piperidine rings is 1. The first-order valence-electron chi connectivity index (χ1n) is 9.25. The maximum Gasteiger partial charge on any atom is 0.228 e. The van der Waals surface area contributed by atoms with E-state index >= 15 is 0 Å². The third-order valence-corrected chi connectivity index (χ3v) is 5.32. The fraction of sp³-hybridized carbons (Fsp3) is 0.579. The Morgan fingerprint density at radius 2 is 1.89 bits per heavy atom. The van der Waals surface area contributed by atoms with Gasteiger partial charge in [0.15, 0.2) is 0 Å². The minimum atomic E-state index is -0.270. The van der Waals surface area contributed by atoms with Crippen LogP contribution in [0, 0.1) is 5.92 Å². The molecule has 1 aromatic carbocycles. The smallest absolute Gasteiger partial charge is 0.228 e. The Bertz CT molecular complexity index is 634. The van der Waals surface area contributed by atoms with E-state index in [-0.39, 0.29) is 42.7 Å². The Hall–Kier alpha value is -1.34. The predicted octanol–water partition coefficient (Wildman–Crippen LogP) is 2.47. The van der Waals surface area contributed by atoms with Crippen molar-refractivity contribution in [2.75, 3.05) is 37.7 Å². The van der Waals surface area contributed by atoms with E-state index < -0.39 is 0 Å². The van der Waals surface area contributed by atoms with Gasteiger partial charge in [-0.25, -0.2) is 0 Å². The minimum Gasteiger partial charge on any atom is -0.378 e. The van der Waals surface area contributed by atoms with Crippen LogP contribution < -0.4 is 10.6 Å². The summed E-state index contributed by atoms with van der Waals surface area (Å²) in [5.41, 5.74) is 6.27. The molecule has 2 saturated heterocycles. The SMILES string of the molecule is Cl.NCCCOC1CCN(C(=O)C2CC(=O)N(c3ccc(Cl)cc3)C2)CC1. The van der Waals surface area contributed by atoms with Crippen LogP contribution in [0.4, 0.5) is 5.69 Å². The van der Waals surface area contributed by atoms with E-state index in [2.05, 4.69) is 0 Å². The lowest BCUT2D eigenvalue weighted by Gasteiger charge is -2.33. The maximum absolute atomic E-state index is 12.8. The second kappa shape index (κ2) is 10.3. The summed E-state index contributed by atoms with van der Waals surface area (Å²) in [4.78, 5) is 28.7. The van der Waals surface area contributed by atoms with Crippen LogP contribution in [-0.4, -0.2) is 55.6 Å². The van der Waals surface area contributed by atoms with E-state index in [1.807, 2.05) is 17.0 Å². The molecule has 2 fully saturated rings. The molecular formula is C19H27Cl2N3O3. The van der Waals surface area contributed by atoms with Gasteiger partial charge in [0.1, 0.15) is 0 Å². The Morgan fingerprint density at radius 1 is 1.22 bits per heavy atom. The first-order chi connectivity index (χ1) is 12.6. The van der Waals surface area contributed by atoms with E-state index in [4.69, 9.17) is 22.1 Å². The van der Waals surface area contributed by atoms with Crippen LogP contribution in [0.15, 0.2) is 24.3 Å². The molecule has 6 nitrogen and oxygen atoms in total. The number of rotatable bonds is 6. The Labute approximate surface area is 171 Å². The number of carbonyl (C=O) groups excluding carboxylic acids is 2. The van der Waals surface area contributed by atoms with Gasteiger partial charge >= 0.3 is 0 Å². The largest absolute Gasteiger partial charge is 0.378 e. The molecule has 2 amide bonds. The molecule has 1 aromatic rings. The summed E-state index contributed by atoms with van der Waals surface area (Å²) >= 11 is 5.91. The van der Waals surface area contributed by atoms with Crippen LogP contribution >= 0.6 is 24.0 Å². The van der Waals surface area contributed by atoms with Gasteiger partial charge in [-0.1, -0.05) is 11.6 Å². The van der Waals surface area contributed by atoms with Gasteiger partial charge in [-0.3, -0.25) is 9.59 Å². The molecule has 8 heteroatoms. The number of hydrogen-bond donors (Lipinski definition) is 1. The van der Waals surface area contributed by atoms with Crippen LogP contribution in [-0.2, 0) is 14.3 Å². The van der Waals surface area contributed by atoms with Gasteiger partial charge < -0.3 is 20.3 Å². The second-order valence-electron chi connectivity index (χ2n) is 6.92. The predicted molar refractivity (Wildman–Crippen MR) is 108 cm³/mol. The van der Waals surface area contributed by atoms with Gasteiger partial charge in [-0.2, -0.15) is 0 Å². The molecule has 150 valence electrons. The first-order valence-corrected chi connectivity index (χ1v) is 9.62. The van der Waals surface area contributed by atoms with Crippen molar-refractivity contribution < 1.29 is 14.3 Å². The van der Waals surface area contributed by atoms with Gasteiger partial charge in [0, 0.05) is 43.4 Å². The van der Waals surface area contributed by atoms with Crippen LogP contribution in [0.25, 0.3) is 0 Å². The maximum atomic E-state index is 12.8. The van der Waals surface area contributed by atoms with Crippen molar-refractivity contribution in [1.29, 1.82) is 0 Å². The zero-order valence-electron chi connectivity index (χ0n) is 15.3. The van der Waals surface area contributed by atoms with Crippen molar-refractivity contribution in [3.63, 3.8) is 0 Å². The van der Waals surface area contributed by atoms with Crippen molar-refractivity contribution in [3.05, 3.63) is 29.3 Å². The van der Waals surface area contributed by atoms with Crippen molar-refractivity contribution in [3.8, 4) is 0 Å². The molecule has 0 saturated carbocycles. The molecule has 2 aliphatic rings. The van der Waals surface area contributed by atoms with Crippen molar-refractivity contribution in [2.45, 2.75) is 31.8 Å². The molecule has 2 aliphatic heterocycles. The monoisotopic (exact) mass is 415 g/mol. The van der Waals surface area contributed by atoms with Crippen molar-refractivity contribution in [1.82, 2.24) is 4.90 Å². The molecule has 1 unspecified atom stereocenters. The molecule has 0 bridgehead atoms. The fourth-order valence-electron chi connectivity index (χ4n) is 3.58. The van der Waals surface area contributed by atoms with Gasteiger partial charge in [0.25, 0.3) is 0 Å².